The molecule has 0 atom stereocenters. The maximum Gasteiger partial charge on any atom is 0.573 e. The second-order valence-corrected chi connectivity index (χ2v) is 3.38. The van der Waals surface area contributed by atoms with Gasteiger partial charge >= 0.3 is 6.36 Å². The molecule has 0 bridgehead atoms. The van der Waals surface area contributed by atoms with Crippen LogP contribution in [-0.4, -0.2) is 37.1 Å². The number of rotatable bonds is 6. The number of carbonyl (C=O) groups excluding carboxylic acids is 1. The molecule has 0 radical (unpaired) electrons. The Bertz CT molecular complexity index is 405. The molecule has 1 rings (SSSR count). The van der Waals surface area contributed by atoms with Crippen LogP contribution in [0.15, 0.2) is 24.3 Å². The summed E-state index contributed by atoms with van der Waals surface area (Å²) >= 11 is 0. The molecule has 2 N–H and O–H groups in total. The molecule has 106 valence electrons. The molecular weight excluding hydrogens is 267 g/mol. The molecule has 8 heteroatoms. The maximum absolute atomic E-state index is 11.9. The lowest BCUT2D eigenvalue weighted by atomic mass is 10.3. The second kappa shape index (κ2) is 6.83. The first-order chi connectivity index (χ1) is 8.90. The largest absolute Gasteiger partial charge is 0.573 e. The fourth-order valence-corrected chi connectivity index (χ4v) is 1.13. The van der Waals surface area contributed by atoms with E-state index in [-0.39, 0.29) is 31.3 Å². The van der Waals surface area contributed by atoms with Crippen molar-refractivity contribution in [2.24, 2.45) is 0 Å². The van der Waals surface area contributed by atoms with Crippen LogP contribution in [0.3, 0.4) is 0 Å². The highest BCUT2D eigenvalue weighted by molar-refractivity contribution is 5.77. The summed E-state index contributed by atoms with van der Waals surface area (Å²) in [7, 11) is 0. The quantitative estimate of drug-likeness (QED) is 0.817. The molecule has 0 aromatic heterocycles. The van der Waals surface area contributed by atoms with Gasteiger partial charge in [-0.05, 0) is 24.3 Å². The SMILES string of the molecule is O=C(COc1ccc(OC(F)(F)F)cc1)NCCO. The molecule has 0 aliphatic carbocycles. The Labute approximate surface area is 106 Å². The van der Waals surface area contributed by atoms with Gasteiger partial charge < -0.3 is 19.9 Å². The van der Waals surface area contributed by atoms with Crippen LogP contribution in [-0.2, 0) is 4.79 Å². The molecule has 0 saturated carbocycles. The molecule has 5 nitrogen and oxygen atoms in total. The topological polar surface area (TPSA) is 67.8 Å². The molecule has 19 heavy (non-hydrogen) atoms. The lowest BCUT2D eigenvalue weighted by Crippen LogP contribution is -2.31. The third kappa shape index (κ3) is 6.51. The van der Waals surface area contributed by atoms with Crippen LogP contribution >= 0.6 is 0 Å². The minimum absolute atomic E-state index is 0.112. The lowest BCUT2D eigenvalue weighted by Gasteiger charge is -2.10. The first-order valence-electron chi connectivity index (χ1n) is 5.27. The summed E-state index contributed by atoms with van der Waals surface area (Å²) in [5.74, 6) is -0.581. The highest BCUT2D eigenvalue weighted by atomic mass is 19.4. The highest BCUT2D eigenvalue weighted by Crippen LogP contribution is 2.24. The van der Waals surface area contributed by atoms with Crippen LogP contribution in [0, 0.1) is 0 Å². The smallest absolute Gasteiger partial charge is 0.484 e. The number of benzene rings is 1. The van der Waals surface area contributed by atoms with Gasteiger partial charge in [0.1, 0.15) is 11.5 Å². The van der Waals surface area contributed by atoms with Crippen molar-refractivity contribution in [2.45, 2.75) is 6.36 Å². The van der Waals surface area contributed by atoms with Crippen molar-refractivity contribution in [1.29, 1.82) is 0 Å². The van der Waals surface area contributed by atoms with E-state index in [1.165, 1.54) is 12.1 Å². The molecule has 0 heterocycles. The third-order valence-corrected chi connectivity index (χ3v) is 1.86. The van der Waals surface area contributed by atoms with Crippen molar-refractivity contribution in [1.82, 2.24) is 5.32 Å². The first kappa shape index (κ1) is 15.1. The fourth-order valence-electron chi connectivity index (χ4n) is 1.13. The number of hydrogen-bond donors (Lipinski definition) is 2. The van der Waals surface area contributed by atoms with Crippen molar-refractivity contribution >= 4 is 5.91 Å². The molecule has 0 aliphatic heterocycles. The highest BCUT2D eigenvalue weighted by Gasteiger charge is 2.30. The summed E-state index contributed by atoms with van der Waals surface area (Å²) < 4.78 is 44.4. The van der Waals surface area contributed by atoms with Gasteiger partial charge in [-0.25, -0.2) is 0 Å². The number of halogens is 3. The zero-order valence-corrected chi connectivity index (χ0v) is 9.74. The molecule has 1 aromatic carbocycles. The van der Waals surface area contributed by atoms with E-state index >= 15 is 0 Å². The summed E-state index contributed by atoms with van der Waals surface area (Å²) in [5.41, 5.74) is 0. The van der Waals surface area contributed by atoms with E-state index in [4.69, 9.17) is 9.84 Å². The minimum Gasteiger partial charge on any atom is -0.484 e. The van der Waals surface area contributed by atoms with Crippen LogP contribution in [0.25, 0.3) is 0 Å². The van der Waals surface area contributed by atoms with Crippen molar-refractivity contribution in [2.75, 3.05) is 19.8 Å². The van der Waals surface area contributed by atoms with E-state index < -0.39 is 12.3 Å². The van der Waals surface area contributed by atoms with E-state index in [1.807, 2.05) is 0 Å². The summed E-state index contributed by atoms with van der Waals surface area (Å²) in [5, 5.41) is 10.8. The fraction of sp³-hybridized carbons (Fsp3) is 0.364. The molecule has 1 amide bonds. The number of aliphatic hydroxyl groups is 1. The van der Waals surface area contributed by atoms with Crippen LogP contribution in [0.5, 0.6) is 11.5 Å². The number of amides is 1. The predicted molar refractivity (Wildman–Crippen MR) is 58.7 cm³/mol. The molecule has 0 saturated heterocycles. The van der Waals surface area contributed by atoms with Gasteiger partial charge in [-0.2, -0.15) is 0 Å². The Morgan fingerprint density at radius 1 is 1.21 bits per heavy atom. The first-order valence-corrected chi connectivity index (χ1v) is 5.27. The van der Waals surface area contributed by atoms with E-state index in [2.05, 4.69) is 10.1 Å². The predicted octanol–water partition coefficient (Wildman–Crippen LogP) is 1.07. The summed E-state index contributed by atoms with van der Waals surface area (Å²) in [6.07, 6.45) is -4.74. The van der Waals surface area contributed by atoms with Gasteiger partial charge in [0.25, 0.3) is 5.91 Å². The maximum atomic E-state index is 11.9. The molecule has 0 unspecified atom stereocenters. The zero-order valence-electron chi connectivity index (χ0n) is 9.74. The van der Waals surface area contributed by atoms with E-state index in [1.54, 1.807) is 0 Å². The molecular formula is C11H12F3NO4. The van der Waals surface area contributed by atoms with Crippen molar-refractivity contribution < 1.29 is 32.5 Å². The second-order valence-electron chi connectivity index (χ2n) is 3.38. The van der Waals surface area contributed by atoms with Crippen LogP contribution in [0.4, 0.5) is 13.2 Å². The Balaban J connectivity index is 2.42. The van der Waals surface area contributed by atoms with Gasteiger partial charge in [0.05, 0.1) is 6.61 Å². The van der Waals surface area contributed by atoms with E-state index in [0.29, 0.717) is 0 Å². The van der Waals surface area contributed by atoms with Crippen LogP contribution in [0.2, 0.25) is 0 Å². The lowest BCUT2D eigenvalue weighted by molar-refractivity contribution is -0.274. The average Bonchev–Trinajstić information content (AvgIpc) is 2.33. The van der Waals surface area contributed by atoms with Crippen molar-refractivity contribution in [3.8, 4) is 11.5 Å². The van der Waals surface area contributed by atoms with Crippen molar-refractivity contribution in [3.05, 3.63) is 24.3 Å². The Morgan fingerprint density at radius 3 is 2.32 bits per heavy atom. The number of nitrogens with one attached hydrogen (secondary N) is 1. The van der Waals surface area contributed by atoms with Gasteiger partial charge in [0.15, 0.2) is 6.61 Å². The summed E-state index contributed by atoms with van der Waals surface area (Å²) in [6.45, 7) is -0.366. The van der Waals surface area contributed by atoms with Crippen LogP contribution in [0.1, 0.15) is 0 Å². The monoisotopic (exact) mass is 279 g/mol. The van der Waals surface area contributed by atoms with Crippen LogP contribution < -0.4 is 14.8 Å². The average molecular weight is 279 g/mol. The van der Waals surface area contributed by atoms with Crippen molar-refractivity contribution in [3.63, 3.8) is 0 Å². The zero-order chi connectivity index (χ0) is 14.3. The summed E-state index contributed by atoms with van der Waals surface area (Å²) in [6, 6.07) is 4.66. The van der Waals surface area contributed by atoms with Gasteiger partial charge in [-0.3, -0.25) is 4.79 Å². The summed E-state index contributed by atoms with van der Waals surface area (Å²) in [4.78, 5) is 11.1. The van der Waals surface area contributed by atoms with Gasteiger partial charge in [0.2, 0.25) is 0 Å². The number of aliphatic hydroxyl groups excluding tert-OH is 1. The minimum atomic E-state index is -4.74. The Hall–Kier alpha value is -1.96. The van der Waals surface area contributed by atoms with E-state index in [0.717, 1.165) is 12.1 Å². The Morgan fingerprint density at radius 2 is 1.79 bits per heavy atom. The van der Waals surface area contributed by atoms with E-state index in [9.17, 15) is 18.0 Å². The normalized spacial score (nSPS) is 10.9. The number of carbonyl (C=O) groups is 1. The van der Waals surface area contributed by atoms with Gasteiger partial charge in [-0.15, -0.1) is 13.2 Å². The van der Waals surface area contributed by atoms with Gasteiger partial charge in [0, 0.05) is 6.54 Å². The number of ether oxygens (including phenoxy) is 2. The number of hydrogen-bond acceptors (Lipinski definition) is 4. The molecule has 0 fully saturated rings. The third-order valence-electron chi connectivity index (χ3n) is 1.86. The molecule has 0 spiro atoms. The molecule has 1 aromatic rings. The van der Waals surface area contributed by atoms with Gasteiger partial charge in [-0.1, -0.05) is 0 Å². The molecule has 0 aliphatic rings. The number of alkyl halides is 3. The Kier molecular flexibility index (Phi) is 5.43. The standard InChI is InChI=1S/C11H12F3NO4/c12-11(13,14)19-9-3-1-8(2-4-9)18-7-10(17)15-5-6-16/h1-4,16H,5-7H2,(H,15,17).